The standard InChI is InChI=1S/C16H22N2O4/c1-2-9-20-11-13-4-3-6-16(13)12-18(8-10-21-16)15(19)14-5-7-17-22-14/h2,5,7,13H,1,3-4,6,8-12H2/t13-,16+/m1/s1. The summed E-state index contributed by atoms with van der Waals surface area (Å²) in [7, 11) is 0. The van der Waals surface area contributed by atoms with Crippen LogP contribution in [0.5, 0.6) is 0 Å². The van der Waals surface area contributed by atoms with Gasteiger partial charge in [-0.2, -0.15) is 0 Å². The van der Waals surface area contributed by atoms with Crippen molar-refractivity contribution >= 4 is 5.91 Å². The molecule has 120 valence electrons. The minimum atomic E-state index is -0.283. The topological polar surface area (TPSA) is 64.8 Å². The molecule has 1 aromatic rings. The van der Waals surface area contributed by atoms with Gasteiger partial charge in [-0.05, 0) is 12.8 Å². The molecule has 1 aromatic heterocycles. The lowest BCUT2D eigenvalue weighted by Gasteiger charge is -2.43. The molecule has 6 heteroatoms. The predicted octanol–water partition coefficient (Wildman–Crippen LogP) is 1.89. The molecule has 1 amide bonds. The first-order valence-corrected chi connectivity index (χ1v) is 7.78. The third-order valence-corrected chi connectivity index (χ3v) is 4.60. The van der Waals surface area contributed by atoms with Crippen LogP contribution in [0.25, 0.3) is 0 Å². The van der Waals surface area contributed by atoms with Crippen molar-refractivity contribution < 1.29 is 18.8 Å². The molecule has 1 spiro atoms. The molecule has 0 N–H and O–H groups in total. The molecule has 0 bridgehead atoms. The van der Waals surface area contributed by atoms with E-state index in [-0.39, 0.29) is 17.3 Å². The lowest BCUT2D eigenvalue weighted by Crippen LogP contribution is -2.56. The van der Waals surface area contributed by atoms with Crippen LogP contribution in [-0.4, -0.2) is 54.5 Å². The van der Waals surface area contributed by atoms with E-state index in [1.54, 1.807) is 12.1 Å². The van der Waals surface area contributed by atoms with E-state index in [4.69, 9.17) is 14.0 Å². The van der Waals surface area contributed by atoms with Gasteiger partial charge in [0.25, 0.3) is 5.91 Å². The van der Waals surface area contributed by atoms with E-state index < -0.39 is 0 Å². The highest BCUT2D eigenvalue weighted by Gasteiger charge is 2.48. The monoisotopic (exact) mass is 306 g/mol. The Morgan fingerprint density at radius 1 is 1.64 bits per heavy atom. The van der Waals surface area contributed by atoms with Crippen LogP contribution in [0.3, 0.4) is 0 Å². The van der Waals surface area contributed by atoms with E-state index in [9.17, 15) is 4.79 Å². The van der Waals surface area contributed by atoms with Gasteiger partial charge in [0.05, 0.1) is 38.2 Å². The lowest BCUT2D eigenvalue weighted by molar-refractivity contribution is -0.132. The number of hydrogen-bond acceptors (Lipinski definition) is 5. The highest BCUT2D eigenvalue weighted by atomic mass is 16.5. The molecule has 6 nitrogen and oxygen atoms in total. The van der Waals surface area contributed by atoms with Crippen LogP contribution in [0.4, 0.5) is 0 Å². The maximum Gasteiger partial charge on any atom is 0.292 e. The largest absolute Gasteiger partial charge is 0.377 e. The number of nitrogens with zero attached hydrogens (tertiary/aromatic N) is 2. The number of morpholine rings is 1. The van der Waals surface area contributed by atoms with Crippen molar-refractivity contribution in [2.24, 2.45) is 5.92 Å². The highest BCUT2D eigenvalue weighted by Crippen LogP contribution is 2.41. The summed E-state index contributed by atoms with van der Waals surface area (Å²) in [4.78, 5) is 14.3. The number of amides is 1. The number of hydrogen-bond donors (Lipinski definition) is 0. The third-order valence-electron chi connectivity index (χ3n) is 4.60. The third kappa shape index (κ3) is 2.94. The van der Waals surface area contributed by atoms with E-state index in [1.807, 2.05) is 4.90 Å². The Hall–Kier alpha value is -1.66. The van der Waals surface area contributed by atoms with E-state index in [0.717, 1.165) is 19.3 Å². The van der Waals surface area contributed by atoms with Crippen molar-refractivity contribution in [1.82, 2.24) is 10.1 Å². The molecule has 1 saturated heterocycles. The fourth-order valence-corrected chi connectivity index (χ4v) is 3.50. The van der Waals surface area contributed by atoms with Crippen LogP contribution in [0, 0.1) is 5.92 Å². The normalized spacial score (nSPS) is 28.2. The molecule has 2 aliphatic rings. The van der Waals surface area contributed by atoms with Crippen molar-refractivity contribution in [3.63, 3.8) is 0 Å². The summed E-state index contributed by atoms with van der Waals surface area (Å²) in [5.41, 5.74) is -0.283. The molecule has 1 aliphatic heterocycles. The quantitative estimate of drug-likeness (QED) is 0.614. The Labute approximate surface area is 130 Å². The summed E-state index contributed by atoms with van der Waals surface area (Å²) in [6.07, 6.45) is 6.39. The molecular weight excluding hydrogens is 284 g/mol. The Morgan fingerprint density at radius 3 is 3.32 bits per heavy atom. The number of rotatable bonds is 5. The molecule has 1 saturated carbocycles. The average Bonchev–Trinajstić information content (AvgIpc) is 3.18. The van der Waals surface area contributed by atoms with E-state index >= 15 is 0 Å². The molecule has 1 aliphatic carbocycles. The maximum absolute atomic E-state index is 12.5. The molecule has 0 aromatic carbocycles. The zero-order valence-corrected chi connectivity index (χ0v) is 12.7. The van der Waals surface area contributed by atoms with Gasteiger partial charge in [0.2, 0.25) is 5.76 Å². The molecule has 0 unspecified atom stereocenters. The first-order valence-electron chi connectivity index (χ1n) is 7.78. The summed E-state index contributed by atoms with van der Waals surface area (Å²) >= 11 is 0. The Kier molecular flexibility index (Phi) is 4.59. The number of ether oxygens (including phenoxy) is 2. The fourth-order valence-electron chi connectivity index (χ4n) is 3.50. The van der Waals surface area contributed by atoms with Crippen LogP contribution in [-0.2, 0) is 9.47 Å². The van der Waals surface area contributed by atoms with Gasteiger partial charge in [-0.1, -0.05) is 17.7 Å². The molecule has 2 heterocycles. The van der Waals surface area contributed by atoms with E-state index in [0.29, 0.717) is 38.8 Å². The van der Waals surface area contributed by atoms with E-state index in [2.05, 4.69) is 11.7 Å². The first-order chi connectivity index (χ1) is 10.7. The summed E-state index contributed by atoms with van der Waals surface area (Å²) in [6.45, 7) is 6.60. The highest BCUT2D eigenvalue weighted by molar-refractivity contribution is 5.91. The molecule has 2 atom stereocenters. The number of carbonyl (C=O) groups is 1. The Balaban J connectivity index is 1.68. The van der Waals surface area contributed by atoms with Crippen molar-refractivity contribution in [2.45, 2.75) is 24.9 Å². The van der Waals surface area contributed by atoms with Crippen molar-refractivity contribution in [1.29, 1.82) is 0 Å². The first kappa shape index (κ1) is 15.2. The van der Waals surface area contributed by atoms with Gasteiger partial charge in [-0.15, -0.1) is 6.58 Å². The van der Waals surface area contributed by atoms with Gasteiger partial charge in [0.1, 0.15) is 0 Å². The summed E-state index contributed by atoms with van der Waals surface area (Å²) in [5.74, 6) is 0.491. The lowest BCUT2D eigenvalue weighted by atomic mass is 9.89. The smallest absolute Gasteiger partial charge is 0.292 e. The zero-order valence-electron chi connectivity index (χ0n) is 12.7. The minimum Gasteiger partial charge on any atom is -0.377 e. The van der Waals surface area contributed by atoms with E-state index in [1.165, 1.54) is 6.20 Å². The van der Waals surface area contributed by atoms with Gasteiger partial charge in [-0.25, -0.2) is 0 Å². The molecule has 0 radical (unpaired) electrons. The predicted molar refractivity (Wildman–Crippen MR) is 79.4 cm³/mol. The second kappa shape index (κ2) is 6.62. The van der Waals surface area contributed by atoms with Crippen LogP contribution in [0.2, 0.25) is 0 Å². The van der Waals surface area contributed by atoms with Gasteiger partial charge in [0.15, 0.2) is 0 Å². The summed E-state index contributed by atoms with van der Waals surface area (Å²) in [5, 5.41) is 3.61. The Bertz CT molecular complexity index is 516. The number of aromatic nitrogens is 1. The van der Waals surface area contributed by atoms with Gasteiger partial charge in [0, 0.05) is 18.5 Å². The van der Waals surface area contributed by atoms with Crippen LogP contribution >= 0.6 is 0 Å². The molecule has 22 heavy (non-hydrogen) atoms. The van der Waals surface area contributed by atoms with Gasteiger partial charge >= 0.3 is 0 Å². The zero-order chi connectivity index (χ0) is 15.4. The van der Waals surface area contributed by atoms with Crippen LogP contribution in [0.15, 0.2) is 29.4 Å². The van der Waals surface area contributed by atoms with Gasteiger partial charge < -0.3 is 18.9 Å². The number of carbonyl (C=O) groups excluding carboxylic acids is 1. The molecule has 3 rings (SSSR count). The van der Waals surface area contributed by atoms with Crippen molar-refractivity contribution in [3.05, 3.63) is 30.7 Å². The maximum atomic E-state index is 12.5. The second-order valence-corrected chi connectivity index (χ2v) is 5.93. The van der Waals surface area contributed by atoms with Crippen molar-refractivity contribution in [2.75, 3.05) is 32.9 Å². The summed E-state index contributed by atoms with van der Waals surface area (Å²) < 4.78 is 16.7. The molecular formula is C16H22N2O4. The van der Waals surface area contributed by atoms with Crippen LogP contribution in [0.1, 0.15) is 29.8 Å². The second-order valence-electron chi connectivity index (χ2n) is 5.93. The van der Waals surface area contributed by atoms with Crippen molar-refractivity contribution in [3.8, 4) is 0 Å². The fraction of sp³-hybridized carbons (Fsp3) is 0.625. The van der Waals surface area contributed by atoms with Crippen LogP contribution < -0.4 is 0 Å². The SMILES string of the molecule is C=CCOC[C@H]1CCC[C@]12CN(C(=O)c1ccno1)CCO2. The minimum absolute atomic E-state index is 0.113. The average molecular weight is 306 g/mol. The van der Waals surface area contributed by atoms with Gasteiger partial charge in [-0.3, -0.25) is 4.79 Å². The Morgan fingerprint density at radius 2 is 2.55 bits per heavy atom. The molecule has 2 fully saturated rings. The summed E-state index contributed by atoms with van der Waals surface area (Å²) in [6, 6.07) is 1.60.